The Kier molecular flexibility index (Phi) is 5.71. The lowest BCUT2D eigenvalue weighted by Crippen LogP contribution is -2.45. The van der Waals surface area contributed by atoms with Crippen molar-refractivity contribution in [1.82, 2.24) is 30.1 Å². The minimum atomic E-state index is -0.254. The molecule has 0 aliphatic carbocycles. The van der Waals surface area contributed by atoms with Crippen molar-refractivity contribution >= 4 is 28.3 Å². The molecular formula is C21H22N6O2S. The number of thiophene rings is 1. The van der Waals surface area contributed by atoms with Crippen LogP contribution >= 0.6 is 11.3 Å². The lowest BCUT2D eigenvalue weighted by atomic mass is 10.0. The molecule has 0 aliphatic rings. The first-order valence-corrected chi connectivity index (χ1v) is 10.6. The molecule has 0 radical (unpaired) electrons. The molecule has 1 atom stereocenters. The summed E-state index contributed by atoms with van der Waals surface area (Å²) in [6, 6.07) is 14.4. The summed E-state index contributed by atoms with van der Waals surface area (Å²) in [5.41, 5.74) is 2.09. The van der Waals surface area contributed by atoms with E-state index in [1.807, 2.05) is 55.6 Å². The summed E-state index contributed by atoms with van der Waals surface area (Å²) in [6.07, 6.45) is 0. The van der Waals surface area contributed by atoms with Crippen LogP contribution in [0.15, 0.2) is 58.7 Å². The number of fused-ring (bicyclic) bond motifs is 1. The Morgan fingerprint density at radius 1 is 1.10 bits per heavy atom. The van der Waals surface area contributed by atoms with Crippen molar-refractivity contribution in [1.29, 1.82) is 0 Å². The number of aromatic nitrogens is 5. The van der Waals surface area contributed by atoms with Crippen LogP contribution in [0.1, 0.15) is 13.8 Å². The monoisotopic (exact) mass is 422 g/mol. The van der Waals surface area contributed by atoms with Crippen molar-refractivity contribution in [3.63, 3.8) is 0 Å². The molecular weight excluding hydrogens is 400 g/mol. The quantitative estimate of drug-likeness (QED) is 0.494. The van der Waals surface area contributed by atoms with Crippen LogP contribution in [0, 0.1) is 5.92 Å². The molecule has 8 nitrogen and oxygen atoms in total. The molecule has 0 fully saturated rings. The van der Waals surface area contributed by atoms with Gasteiger partial charge in [-0.25, -0.2) is 9.36 Å². The first kappa shape index (κ1) is 20.0. The van der Waals surface area contributed by atoms with E-state index in [1.54, 1.807) is 22.1 Å². The number of hydrogen-bond donors (Lipinski definition) is 1. The molecule has 3 heterocycles. The number of nitrogens with one attached hydrogen (secondary N) is 1. The predicted molar refractivity (Wildman–Crippen MR) is 116 cm³/mol. The van der Waals surface area contributed by atoms with E-state index in [0.29, 0.717) is 6.54 Å². The first-order valence-electron chi connectivity index (χ1n) is 9.71. The van der Waals surface area contributed by atoms with Gasteiger partial charge in [-0.3, -0.25) is 9.59 Å². The van der Waals surface area contributed by atoms with Gasteiger partial charge in [-0.15, -0.1) is 16.4 Å². The van der Waals surface area contributed by atoms with Crippen LogP contribution in [0.3, 0.4) is 0 Å². The summed E-state index contributed by atoms with van der Waals surface area (Å²) in [7, 11) is 0. The zero-order chi connectivity index (χ0) is 21.1. The first-order chi connectivity index (χ1) is 14.5. The summed E-state index contributed by atoms with van der Waals surface area (Å²) in [6.45, 7) is 4.36. The molecule has 0 saturated heterocycles. The van der Waals surface area contributed by atoms with Crippen molar-refractivity contribution in [2.45, 2.75) is 33.0 Å². The van der Waals surface area contributed by atoms with Gasteiger partial charge in [-0.05, 0) is 35.6 Å². The highest BCUT2D eigenvalue weighted by Crippen LogP contribution is 2.21. The highest BCUT2D eigenvalue weighted by molar-refractivity contribution is 7.13. The highest BCUT2D eigenvalue weighted by Gasteiger charge is 2.19. The highest BCUT2D eigenvalue weighted by atomic mass is 32.1. The molecule has 0 unspecified atom stereocenters. The number of carbonyl (C=O) groups excluding carboxylic acids is 1. The Morgan fingerprint density at radius 3 is 2.70 bits per heavy atom. The van der Waals surface area contributed by atoms with Gasteiger partial charge in [-0.2, -0.15) is 5.10 Å². The van der Waals surface area contributed by atoms with Gasteiger partial charge in [0.1, 0.15) is 17.8 Å². The van der Waals surface area contributed by atoms with E-state index in [9.17, 15) is 9.59 Å². The van der Waals surface area contributed by atoms with E-state index in [0.717, 1.165) is 21.6 Å². The average molecular weight is 423 g/mol. The van der Waals surface area contributed by atoms with E-state index < -0.39 is 0 Å². The van der Waals surface area contributed by atoms with Crippen molar-refractivity contribution in [3.8, 4) is 10.6 Å². The van der Waals surface area contributed by atoms with Gasteiger partial charge < -0.3 is 5.32 Å². The van der Waals surface area contributed by atoms with Gasteiger partial charge in [-0.1, -0.05) is 37.3 Å². The van der Waals surface area contributed by atoms with Gasteiger partial charge in [0, 0.05) is 6.07 Å². The second kappa shape index (κ2) is 8.58. The summed E-state index contributed by atoms with van der Waals surface area (Å²) < 4.78 is 2.99. The van der Waals surface area contributed by atoms with E-state index in [4.69, 9.17) is 0 Å². The molecule has 4 rings (SSSR count). The molecule has 0 bridgehead atoms. The van der Waals surface area contributed by atoms with E-state index in [-0.39, 0.29) is 30.0 Å². The Hall–Kier alpha value is -3.33. The van der Waals surface area contributed by atoms with Crippen LogP contribution in [0.5, 0.6) is 0 Å². The second-order valence-corrected chi connectivity index (χ2v) is 8.32. The smallest absolute Gasteiger partial charge is 0.266 e. The maximum Gasteiger partial charge on any atom is 0.266 e. The maximum atomic E-state index is 12.7. The van der Waals surface area contributed by atoms with Crippen molar-refractivity contribution < 1.29 is 4.79 Å². The average Bonchev–Trinajstić information content (AvgIpc) is 3.40. The molecule has 1 N–H and O–H groups in total. The number of nitrogens with zero attached hydrogens (tertiary/aromatic N) is 5. The van der Waals surface area contributed by atoms with Gasteiger partial charge in [0.25, 0.3) is 5.56 Å². The molecule has 30 heavy (non-hydrogen) atoms. The largest absolute Gasteiger partial charge is 0.350 e. The Morgan fingerprint density at radius 2 is 1.93 bits per heavy atom. The van der Waals surface area contributed by atoms with Gasteiger partial charge >= 0.3 is 0 Å². The predicted octanol–water partition coefficient (Wildman–Crippen LogP) is 2.56. The summed E-state index contributed by atoms with van der Waals surface area (Å²) in [5.74, 6) is -0.0765. The third-order valence-corrected chi connectivity index (χ3v) is 5.77. The molecule has 0 aliphatic heterocycles. The Labute approximate surface area is 177 Å². The molecule has 0 saturated carbocycles. The molecule has 9 heteroatoms. The maximum absolute atomic E-state index is 12.7. The Bertz CT molecular complexity index is 1210. The van der Waals surface area contributed by atoms with Crippen LogP contribution in [0.4, 0.5) is 0 Å². The molecule has 1 aromatic carbocycles. The number of amides is 1. The second-order valence-electron chi connectivity index (χ2n) is 7.37. The van der Waals surface area contributed by atoms with E-state index >= 15 is 0 Å². The van der Waals surface area contributed by atoms with Crippen molar-refractivity contribution in [2.75, 3.05) is 0 Å². The molecule has 154 valence electrons. The zero-order valence-corrected chi connectivity index (χ0v) is 17.5. The van der Waals surface area contributed by atoms with E-state index in [2.05, 4.69) is 20.7 Å². The topological polar surface area (TPSA) is 94.7 Å². The third-order valence-electron chi connectivity index (χ3n) is 4.87. The lowest BCUT2D eigenvalue weighted by Gasteiger charge is -2.23. The minimum absolute atomic E-state index is 0.0568. The number of benzene rings is 1. The fraction of sp³-hybridized carbons (Fsp3) is 0.286. The molecule has 3 aromatic heterocycles. The van der Waals surface area contributed by atoms with E-state index in [1.165, 1.54) is 10.7 Å². The standard InChI is InChI=1S/C21H22N6O2S/c1-14(2)17(12-27-21(29)10-9-16(24-27)19-8-5-11-30-19)22-20(28)13-26-18-7-4-3-6-15(18)23-25-26/h3-11,14,17H,12-13H2,1-2H3,(H,22,28)/t17-/m1/s1. The summed E-state index contributed by atoms with van der Waals surface area (Å²) >= 11 is 1.57. The lowest BCUT2D eigenvalue weighted by molar-refractivity contribution is -0.123. The number of carbonyl (C=O) groups is 1. The fourth-order valence-corrected chi connectivity index (χ4v) is 3.86. The molecule has 0 spiro atoms. The number of rotatable bonds is 7. The normalized spacial score (nSPS) is 12.4. The third kappa shape index (κ3) is 4.30. The van der Waals surface area contributed by atoms with Gasteiger partial charge in [0.15, 0.2) is 0 Å². The van der Waals surface area contributed by atoms with Gasteiger partial charge in [0.05, 0.1) is 23.0 Å². The SMILES string of the molecule is CC(C)[C@@H](Cn1nc(-c2cccs2)ccc1=O)NC(=O)Cn1nnc2ccccc21. The van der Waals surface area contributed by atoms with Crippen LogP contribution in [-0.2, 0) is 17.9 Å². The minimum Gasteiger partial charge on any atom is -0.350 e. The van der Waals surface area contributed by atoms with Crippen LogP contribution < -0.4 is 10.9 Å². The molecule has 1 amide bonds. The Balaban J connectivity index is 1.50. The van der Waals surface area contributed by atoms with Crippen LogP contribution in [-0.4, -0.2) is 36.7 Å². The zero-order valence-electron chi connectivity index (χ0n) is 16.7. The molecule has 4 aromatic rings. The summed E-state index contributed by atoms with van der Waals surface area (Å²) in [4.78, 5) is 26.0. The summed E-state index contributed by atoms with van der Waals surface area (Å²) in [5, 5.41) is 17.6. The number of hydrogen-bond acceptors (Lipinski definition) is 6. The van der Waals surface area contributed by atoms with Gasteiger partial charge in [0.2, 0.25) is 5.91 Å². The van der Waals surface area contributed by atoms with Crippen molar-refractivity contribution in [2.24, 2.45) is 5.92 Å². The van der Waals surface area contributed by atoms with Crippen LogP contribution in [0.2, 0.25) is 0 Å². The number of para-hydroxylation sites is 1. The fourth-order valence-electron chi connectivity index (χ4n) is 3.17. The van der Waals surface area contributed by atoms with Crippen molar-refractivity contribution in [3.05, 3.63) is 64.3 Å². The van der Waals surface area contributed by atoms with Crippen LogP contribution in [0.25, 0.3) is 21.6 Å².